The number of hydrogen-bond acceptors (Lipinski definition) is 2. The smallest absolute Gasteiger partial charge is 0.00964 e. The largest absolute Gasteiger partial charge is 0.330 e. The zero-order valence-electron chi connectivity index (χ0n) is 10.1. The summed E-state index contributed by atoms with van der Waals surface area (Å²) < 4.78 is 0. The number of nitrogens with zero attached hydrogens (tertiary/aromatic N) is 1. The van der Waals surface area contributed by atoms with Crippen molar-refractivity contribution >= 4 is 0 Å². The summed E-state index contributed by atoms with van der Waals surface area (Å²) in [5.74, 6) is 0. The molecule has 84 valence electrons. The lowest BCUT2D eigenvalue weighted by molar-refractivity contribution is 0.213. The van der Waals surface area contributed by atoms with Gasteiger partial charge in [-0.3, -0.25) is 0 Å². The van der Waals surface area contributed by atoms with Crippen molar-refractivity contribution in [2.45, 2.75) is 52.5 Å². The monoisotopic (exact) mass is 198 g/mol. The van der Waals surface area contributed by atoms with E-state index < -0.39 is 0 Å². The van der Waals surface area contributed by atoms with Gasteiger partial charge < -0.3 is 10.6 Å². The fourth-order valence-electron chi connectivity index (χ4n) is 1.75. The van der Waals surface area contributed by atoms with Crippen molar-refractivity contribution in [2.75, 3.05) is 19.6 Å². The maximum Gasteiger partial charge on any atom is 0.00964 e. The third-order valence-corrected chi connectivity index (χ3v) is 3.20. The van der Waals surface area contributed by atoms with Gasteiger partial charge in [-0.25, -0.2) is 0 Å². The molecule has 0 unspecified atom stereocenters. The summed E-state index contributed by atoms with van der Waals surface area (Å²) in [7, 11) is 0. The summed E-state index contributed by atoms with van der Waals surface area (Å²) in [6.45, 7) is 10.1. The van der Waals surface area contributed by atoms with Gasteiger partial charge in [0, 0.05) is 6.04 Å². The van der Waals surface area contributed by atoms with Crippen LogP contribution in [-0.2, 0) is 0 Å². The summed E-state index contributed by atoms with van der Waals surface area (Å²) in [5.41, 5.74) is 6.06. The van der Waals surface area contributed by atoms with Crippen molar-refractivity contribution in [3.8, 4) is 0 Å². The highest BCUT2D eigenvalue weighted by molar-refractivity contribution is 4.85. The molecule has 0 spiro atoms. The lowest BCUT2D eigenvalue weighted by atomic mass is 9.89. The minimum absolute atomic E-state index is 0.320. The van der Waals surface area contributed by atoms with E-state index in [0.717, 1.165) is 12.6 Å². The summed E-state index contributed by atoms with van der Waals surface area (Å²) in [6.07, 6.45) is 5.35. The molecule has 1 rings (SSSR count). The topological polar surface area (TPSA) is 29.3 Å². The standard InChI is InChI=1S/C12H26N2/c1-4-8-14(11-5-6-11)9-7-12(2,3)10-13/h11H,4-10,13H2,1-3H3. The van der Waals surface area contributed by atoms with E-state index >= 15 is 0 Å². The minimum atomic E-state index is 0.320. The predicted octanol–water partition coefficient (Wildman–Crippen LogP) is 2.24. The van der Waals surface area contributed by atoms with E-state index in [1.165, 1.54) is 38.8 Å². The summed E-state index contributed by atoms with van der Waals surface area (Å²) in [4.78, 5) is 2.65. The average molecular weight is 198 g/mol. The van der Waals surface area contributed by atoms with Crippen LogP contribution < -0.4 is 5.73 Å². The molecule has 0 atom stereocenters. The van der Waals surface area contributed by atoms with Crippen LogP contribution in [-0.4, -0.2) is 30.6 Å². The van der Waals surface area contributed by atoms with Gasteiger partial charge in [-0.15, -0.1) is 0 Å². The third-order valence-electron chi connectivity index (χ3n) is 3.20. The molecule has 2 heteroatoms. The van der Waals surface area contributed by atoms with E-state index in [1.54, 1.807) is 0 Å². The second kappa shape index (κ2) is 5.13. The highest BCUT2D eigenvalue weighted by Crippen LogP contribution is 2.28. The van der Waals surface area contributed by atoms with Crippen molar-refractivity contribution in [3.63, 3.8) is 0 Å². The number of hydrogen-bond donors (Lipinski definition) is 1. The number of nitrogens with two attached hydrogens (primary N) is 1. The van der Waals surface area contributed by atoms with E-state index in [1.807, 2.05) is 0 Å². The van der Waals surface area contributed by atoms with E-state index in [9.17, 15) is 0 Å². The van der Waals surface area contributed by atoms with Crippen LogP contribution >= 0.6 is 0 Å². The molecule has 0 heterocycles. The molecule has 1 fully saturated rings. The molecule has 0 aromatic heterocycles. The van der Waals surface area contributed by atoms with Crippen LogP contribution in [0.2, 0.25) is 0 Å². The molecule has 1 aliphatic carbocycles. The maximum atomic E-state index is 5.74. The van der Waals surface area contributed by atoms with Gasteiger partial charge >= 0.3 is 0 Å². The molecule has 14 heavy (non-hydrogen) atoms. The normalized spacial score (nSPS) is 17.8. The molecule has 0 aliphatic heterocycles. The Morgan fingerprint density at radius 2 is 1.93 bits per heavy atom. The van der Waals surface area contributed by atoms with Crippen molar-refractivity contribution in [1.29, 1.82) is 0 Å². The molecule has 2 N–H and O–H groups in total. The van der Waals surface area contributed by atoms with Crippen LogP contribution in [0.3, 0.4) is 0 Å². The molecule has 1 saturated carbocycles. The molecule has 0 bridgehead atoms. The fraction of sp³-hybridized carbons (Fsp3) is 1.00. The molecule has 0 aromatic rings. The molecule has 0 amide bonds. The van der Waals surface area contributed by atoms with Crippen LogP contribution in [0.1, 0.15) is 46.5 Å². The summed E-state index contributed by atoms with van der Waals surface area (Å²) >= 11 is 0. The van der Waals surface area contributed by atoms with Crippen LogP contribution in [0.5, 0.6) is 0 Å². The summed E-state index contributed by atoms with van der Waals surface area (Å²) in [5, 5.41) is 0. The third kappa shape index (κ3) is 3.97. The quantitative estimate of drug-likeness (QED) is 0.680. The van der Waals surface area contributed by atoms with Gasteiger partial charge in [0.15, 0.2) is 0 Å². The Morgan fingerprint density at radius 1 is 1.29 bits per heavy atom. The van der Waals surface area contributed by atoms with Gasteiger partial charge in [0.1, 0.15) is 0 Å². The van der Waals surface area contributed by atoms with Gasteiger partial charge in [-0.1, -0.05) is 20.8 Å². The van der Waals surface area contributed by atoms with Crippen molar-refractivity contribution in [1.82, 2.24) is 4.90 Å². The molecular weight excluding hydrogens is 172 g/mol. The molecule has 0 saturated heterocycles. The Morgan fingerprint density at radius 3 is 2.36 bits per heavy atom. The van der Waals surface area contributed by atoms with Crippen LogP contribution in [0, 0.1) is 5.41 Å². The van der Waals surface area contributed by atoms with Gasteiger partial charge in [0.2, 0.25) is 0 Å². The molecule has 1 aliphatic rings. The maximum absolute atomic E-state index is 5.74. The van der Waals surface area contributed by atoms with Crippen molar-refractivity contribution in [2.24, 2.45) is 11.1 Å². The van der Waals surface area contributed by atoms with Gasteiger partial charge in [0.25, 0.3) is 0 Å². The molecule has 2 nitrogen and oxygen atoms in total. The second-order valence-electron chi connectivity index (χ2n) is 5.39. The molecule has 0 radical (unpaired) electrons. The first-order chi connectivity index (χ1) is 6.59. The van der Waals surface area contributed by atoms with Crippen LogP contribution in [0.15, 0.2) is 0 Å². The van der Waals surface area contributed by atoms with Crippen LogP contribution in [0.4, 0.5) is 0 Å². The highest BCUT2D eigenvalue weighted by atomic mass is 15.2. The first-order valence-electron chi connectivity index (χ1n) is 6.03. The lowest BCUT2D eigenvalue weighted by Crippen LogP contribution is -2.33. The lowest BCUT2D eigenvalue weighted by Gasteiger charge is -2.28. The van der Waals surface area contributed by atoms with Gasteiger partial charge in [0.05, 0.1) is 0 Å². The zero-order valence-corrected chi connectivity index (χ0v) is 10.1. The molecular formula is C12H26N2. The molecule has 0 aromatic carbocycles. The fourth-order valence-corrected chi connectivity index (χ4v) is 1.75. The van der Waals surface area contributed by atoms with Crippen molar-refractivity contribution in [3.05, 3.63) is 0 Å². The van der Waals surface area contributed by atoms with Crippen molar-refractivity contribution < 1.29 is 0 Å². The number of rotatable bonds is 7. The van der Waals surface area contributed by atoms with E-state index in [0.29, 0.717) is 5.41 Å². The first-order valence-corrected chi connectivity index (χ1v) is 6.03. The Hall–Kier alpha value is -0.0800. The second-order valence-corrected chi connectivity index (χ2v) is 5.39. The Balaban J connectivity index is 2.25. The zero-order chi connectivity index (χ0) is 10.6. The Labute approximate surface area is 88.8 Å². The predicted molar refractivity (Wildman–Crippen MR) is 62.3 cm³/mol. The minimum Gasteiger partial charge on any atom is -0.330 e. The summed E-state index contributed by atoms with van der Waals surface area (Å²) in [6, 6.07) is 0.906. The first kappa shape index (κ1) is 12.0. The Kier molecular flexibility index (Phi) is 4.39. The van der Waals surface area contributed by atoms with E-state index in [2.05, 4.69) is 25.7 Å². The van der Waals surface area contributed by atoms with E-state index in [4.69, 9.17) is 5.73 Å². The SMILES string of the molecule is CCCN(CCC(C)(C)CN)C1CC1. The van der Waals surface area contributed by atoms with E-state index in [-0.39, 0.29) is 0 Å². The van der Waals surface area contributed by atoms with Crippen LogP contribution in [0.25, 0.3) is 0 Å². The average Bonchev–Trinajstić information content (AvgIpc) is 2.95. The highest BCUT2D eigenvalue weighted by Gasteiger charge is 2.29. The van der Waals surface area contributed by atoms with Gasteiger partial charge in [-0.2, -0.15) is 0 Å². The van der Waals surface area contributed by atoms with Gasteiger partial charge in [-0.05, 0) is 50.7 Å². The Bertz CT molecular complexity index is 162.